The summed E-state index contributed by atoms with van der Waals surface area (Å²) < 4.78 is 0. The fourth-order valence-corrected chi connectivity index (χ4v) is 4.15. The third kappa shape index (κ3) is 4.23. The average Bonchev–Trinajstić information content (AvgIpc) is 3.23. The molecule has 0 saturated heterocycles. The second kappa shape index (κ2) is 7.92. The number of hydrogen-bond donors (Lipinski definition) is 0. The molecule has 1 aromatic carbocycles. The third-order valence-corrected chi connectivity index (χ3v) is 5.51. The smallest absolute Gasteiger partial charge is 0.228 e. The molecule has 2 heterocycles. The summed E-state index contributed by atoms with van der Waals surface area (Å²) in [6, 6.07) is 9.68. The van der Waals surface area contributed by atoms with Gasteiger partial charge in [0.05, 0.1) is 12.1 Å². The van der Waals surface area contributed by atoms with E-state index in [1.165, 1.54) is 0 Å². The van der Waals surface area contributed by atoms with Crippen molar-refractivity contribution in [3.63, 3.8) is 0 Å². The molecule has 3 rings (SSSR count). The second-order valence-corrected chi connectivity index (χ2v) is 7.45. The molecule has 0 atom stereocenters. The lowest BCUT2D eigenvalue weighted by molar-refractivity contribution is -0.130. The number of benzene rings is 1. The van der Waals surface area contributed by atoms with E-state index in [0.29, 0.717) is 24.5 Å². The quantitative estimate of drug-likeness (QED) is 0.598. The Labute approximate surface area is 154 Å². The summed E-state index contributed by atoms with van der Waals surface area (Å²) in [5, 5.41) is 7.73. The number of thiophene rings is 1. The van der Waals surface area contributed by atoms with Crippen LogP contribution in [0.15, 0.2) is 46.5 Å². The zero-order valence-corrected chi connectivity index (χ0v) is 15.6. The van der Waals surface area contributed by atoms with E-state index in [9.17, 15) is 4.79 Å². The second-order valence-electron chi connectivity index (χ2n) is 5.37. The molecule has 0 unspecified atom stereocenters. The van der Waals surface area contributed by atoms with Crippen LogP contribution in [0.3, 0.4) is 0 Å². The van der Waals surface area contributed by atoms with Gasteiger partial charge >= 0.3 is 0 Å². The van der Waals surface area contributed by atoms with Gasteiger partial charge in [0.25, 0.3) is 0 Å². The van der Waals surface area contributed by atoms with Crippen LogP contribution in [0.4, 0.5) is 0 Å². The predicted molar refractivity (Wildman–Crippen MR) is 102 cm³/mol. The van der Waals surface area contributed by atoms with Gasteiger partial charge in [-0.15, -0.1) is 11.3 Å². The molecule has 1 amide bonds. The topological polar surface area (TPSA) is 33.2 Å². The van der Waals surface area contributed by atoms with Crippen LogP contribution in [0.25, 0.3) is 10.6 Å². The lowest BCUT2D eigenvalue weighted by Crippen LogP contribution is -2.31. The first-order chi connectivity index (χ1) is 11.7. The monoisotopic (exact) mass is 376 g/mol. The van der Waals surface area contributed by atoms with Gasteiger partial charge in [0.2, 0.25) is 5.91 Å². The number of nitrogens with zero attached hydrogens (tertiary/aromatic N) is 2. The first-order valence-corrected chi connectivity index (χ1v) is 9.85. The summed E-state index contributed by atoms with van der Waals surface area (Å²) in [7, 11) is 0. The summed E-state index contributed by atoms with van der Waals surface area (Å²) in [6.07, 6.45) is 0.328. The fraction of sp³-hybridized carbons (Fsp3) is 0.222. The van der Waals surface area contributed by atoms with Crippen LogP contribution in [-0.2, 0) is 17.8 Å². The largest absolute Gasteiger partial charge is 0.338 e. The Hall–Kier alpha value is -1.69. The lowest BCUT2D eigenvalue weighted by atomic mass is 10.2. The van der Waals surface area contributed by atoms with Crippen LogP contribution < -0.4 is 0 Å². The van der Waals surface area contributed by atoms with Crippen molar-refractivity contribution in [3.8, 4) is 10.6 Å². The van der Waals surface area contributed by atoms with Gasteiger partial charge in [-0.2, -0.15) is 11.3 Å². The molecule has 3 nitrogen and oxygen atoms in total. The van der Waals surface area contributed by atoms with E-state index >= 15 is 0 Å². The Morgan fingerprint density at radius 3 is 2.88 bits per heavy atom. The van der Waals surface area contributed by atoms with Crippen molar-refractivity contribution in [2.75, 3.05) is 6.54 Å². The highest BCUT2D eigenvalue weighted by molar-refractivity contribution is 7.14. The van der Waals surface area contributed by atoms with Crippen LogP contribution in [0.2, 0.25) is 5.02 Å². The average molecular weight is 377 g/mol. The number of hydrogen-bond acceptors (Lipinski definition) is 4. The summed E-state index contributed by atoms with van der Waals surface area (Å²) in [5.41, 5.74) is 2.99. The van der Waals surface area contributed by atoms with Crippen LogP contribution in [0, 0.1) is 0 Å². The van der Waals surface area contributed by atoms with Crippen molar-refractivity contribution < 1.29 is 4.79 Å². The molecule has 0 aliphatic rings. The molecule has 0 bridgehead atoms. The number of carbonyl (C=O) groups is 1. The van der Waals surface area contributed by atoms with Crippen LogP contribution in [0.5, 0.6) is 0 Å². The molecular formula is C18H17ClN2OS2. The summed E-state index contributed by atoms with van der Waals surface area (Å²) in [6.45, 7) is 3.21. The number of halogens is 1. The number of likely N-dealkylation sites (N-methyl/N-ethyl adjacent to an activating group) is 1. The Kier molecular flexibility index (Phi) is 5.66. The van der Waals surface area contributed by atoms with Crippen molar-refractivity contribution in [1.29, 1.82) is 0 Å². The first kappa shape index (κ1) is 17.1. The highest BCUT2D eigenvalue weighted by Gasteiger charge is 2.15. The van der Waals surface area contributed by atoms with Gasteiger partial charge in [-0.1, -0.05) is 23.7 Å². The summed E-state index contributed by atoms with van der Waals surface area (Å²) in [5.74, 6) is 0.0830. The van der Waals surface area contributed by atoms with Crippen molar-refractivity contribution in [2.45, 2.75) is 19.9 Å². The van der Waals surface area contributed by atoms with Gasteiger partial charge in [0, 0.05) is 34.4 Å². The molecule has 0 spiro atoms. The number of rotatable bonds is 6. The standard InChI is InChI=1S/C18H17ClN2OS2/c1-2-21(10-13-4-3-5-15(19)8-13)17(22)9-16-12-24-18(20-16)14-6-7-23-11-14/h3-8,11-12H,2,9-10H2,1H3. The van der Waals surface area contributed by atoms with E-state index in [1.807, 2.05) is 52.9 Å². The molecule has 0 aliphatic heterocycles. The first-order valence-electron chi connectivity index (χ1n) is 7.65. The van der Waals surface area contributed by atoms with E-state index in [2.05, 4.69) is 10.4 Å². The third-order valence-electron chi connectivity index (χ3n) is 3.65. The van der Waals surface area contributed by atoms with Crippen molar-refractivity contribution >= 4 is 40.2 Å². The van der Waals surface area contributed by atoms with Gasteiger partial charge < -0.3 is 4.90 Å². The zero-order chi connectivity index (χ0) is 16.9. The zero-order valence-electron chi connectivity index (χ0n) is 13.2. The number of thiazole rings is 1. The van der Waals surface area contributed by atoms with Gasteiger partial charge in [0.15, 0.2) is 0 Å². The highest BCUT2D eigenvalue weighted by Crippen LogP contribution is 2.26. The molecule has 3 aromatic rings. The maximum atomic E-state index is 12.6. The van der Waals surface area contributed by atoms with Gasteiger partial charge in [0.1, 0.15) is 5.01 Å². The number of amides is 1. The molecule has 0 N–H and O–H groups in total. The molecule has 0 radical (unpaired) electrons. The molecule has 0 aliphatic carbocycles. The van der Waals surface area contributed by atoms with E-state index < -0.39 is 0 Å². The molecule has 124 valence electrons. The minimum absolute atomic E-state index is 0.0830. The number of aromatic nitrogens is 1. The van der Waals surface area contributed by atoms with Crippen molar-refractivity contribution in [2.24, 2.45) is 0 Å². The molecule has 0 fully saturated rings. The minimum Gasteiger partial charge on any atom is -0.338 e. The Morgan fingerprint density at radius 2 is 2.17 bits per heavy atom. The Morgan fingerprint density at radius 1 is 1.29 bits per heavy atom. The van der Waals surface area contributed by atoms with Crippen molar-refractivity contribution in [1.82, 2.24) is 9.88 Å². The molecule has 2 aromatic heterocycles. The van der Waals surface area contributed by atoms with Crippen LogP contribution in [-0.4, -0.2) is 22.3 Å². The van der Waals surface area contributed by atoms with Gasteiger partial charge in [-0.3, -0.25) is 4.79 Å². The normalized spacial score (nSPS) is 10.8. The van der Waals surface area contributed by atoms with E-state index in [4.69, 9.17) is 11.6 Å². The van der Waals surface area contributed by atoms with E-state index in [0.717, 1.165) is 21.8 Å². The summed E-state index contributed by atoms with van der Waals surface area (Å²) >= 11 is 9.25. The minimum atomic E-state index is 0.0830. The maximum absolute atomic E-state index is 12.6. The number of carbonyl (C=O) groups excluding carboxylic acids is 1. The molecule has 24 heavy (non-hydrogen) atoms. The fourth-order valence-electron chi connectivity index (χ4n) is 2.41. The van der Waals surface area contributed by atoms with Crippen LogP contribution >= 0.6 is 34.3 Å². The van der Waals surface area contributed by atoms with Crippen LogP contribution in [0.1, 0.15) is 18.2 Å². The Balaban J connectivity index is 1.66. The molecular weight excluding hydrogens is 360 g/mol. The SMILES string of the molecule is CCN(Cc1cccc(Cl)c1)C(=O)Cc1csc(-c2ccsc2)n1. The lowest BCUT2D eigenvalue weighted by Gasteiger charge is -2.20. The highest BCUT2D eigenvalue weighted by atomic mass is 35.5. The Bertz CT molecular complexity index is 814. The van der Waals surface area contributed by atoms with E-state index in [1.54, 1.807) is 22.7 Å². The van der Waals surface area contributed by atoms with Crippen molar-refractivity contribution in [3.05, 3.63) is 62.8 Å². The molecule has 0 saturated carbocycles. The maximum Gasteiger partial charge on any atom is 0.228 e. The molecule has 6 heteroatoms. The van der Waals surface area contributed by atoms with Gasteiger partial charge in [-0.05, 0) is 36.1 Å². The summed E-state index contributed by atoms with van der Waals surface area (Å²) in [4.78, 5) is 19.0. The predicted octanol–water partition coefficient (Wildman–Crippen LogP) is 5.12. The van der Waals surface area contributed by atoms with E-state index in [-0.39, 0.29) is 5.91 Å². The van der Waals surface area contributed by atoms with Gasteiger partial charge in [-0.25, -0.2) is 4.98 Å².